The van der Waals surface area contributed by atoms with E-state index in [1.54, 1.807) is 0 Å². The molecule has 1 rings (SSSR count). The van der Waals surface area contributed by atoms with Gasteiger partial charge < -0.3 is 4.43 Å². The van der Waals surface area contributed by atoms with E-state index in [0.717, 1.165) is 23.3 Å². The van der Waals surface area contributed by atoms with Gasteiger partial charge in [0.25, 0.3) is 0 Å². The van der Waals surface area contributed by atoms with Crippen LogP contribution in [0.1, 0.15) is 45.1 Å². The van der Waals surface area contributed by atoms with Crippen molar-refractivity contribution in [1.82, 2.24) is 0 Å². The maximum absolute atomic E-state index is 12.7. The largest absolute Gasteiger partial charge is 0.423 e. The van der Waals surface area contributed by atoms with Crippen LogP contribution < -0.4 is 0 Å². The van der Waals surface area contributed by atoms with Crippen LogP contribution in [0.15, 0.2) is 24.3 Å². The second kappa shape index (κ2) is 6.92. The summed E-state index contributed by atoms with van der Waals surface area (Å²) in [5.41, 5.74) is 1.28. The fourth-order valence-electron chi connectivity index (χ4n) is 1.81. The first kappa shape index (κ1) is 14.4. The minimum absolute atomic E-state index is 0.0576. The van der Waals surface area contributed by atoms with Crippen molar-refractivity contribution in [2.24, 2.45) is 0 Å². The zero-order chi connectivity index (χ0) is 12.7. The Morgan fingerprint density at radius 2 is 1.76 bits per heavy atom. The van der Waals surface area contributed by atoms with Crippen LogP contribution >= 0.6 is 0 Å². The third-order valence-corrected chi connectivity index (χ3v) is 4.32. The van der Waals surface area contributed by atoms with Crippen LogP contribution in [0.3, 0.4) is 0 Å². The number of hydrogen-bond acceptors (Lipinski definition) is 1. The highest BCUT2D eigenvalue weighted by molar-refractivity contribution is 5.98. The first-order valence-electron chi connectivity index (χ1n) is 6.33. The van der Waals surface area contributed by atoms with Gasteiger partial charge in [-0.1, -0.05) is 25.0 Å². The maximum Gasteiger partial charge on any atom is 0.146 e. The molecule has 0 aliphatic heterocycles. The number of rotatable bonds is 7. The van der Waals surface area contributed by atoms with Gasteiger partial charge in [-0.15, -0.1) is 0 Å². The van der Waals surface area contributed by atoms with Crippen LogP contribution in [-0.4, -0.2) is 16.1 Å². The molecule has 1 aromatic rings. The lowest BCUT2D eigenvalue weighted by molar-refractivity contribution is 0.109. The smallest absolute Gasteiger partial charge is 0.146 e. The Hall–Kier alpha value is -0.673. The molecule has 0 unspecified atom stereocenters. The summed E-state index contributed by atoms with van der Waals surface area (Å²) in [5, 5.41) is 0. The maximum atomic E-state index is 12.7. The molecule has 0 heterocycles. The third kappa shape index (κ3) is 5.98. The summed E-state index contributed by atoms with van der Waals surface area (Å²) in [6.45, 7) is 4.31. The molecule has 0 spiro atoms. The summed E-state index contributed by atoms with van der Waals surface area (Å²) < 4.78 is 18.2. The fraction of sp³-hybridized carbons (Fsp3) is 0.571. The summed E-state index contributed by atoms with van der Waals surface area (Å²) in [5.74, 6) is -0.153. The third-order valence-electron chi connectivity index (χ3n) is 3.21. The van der Waals surface area contributed by atoms with Gasteiger partial charge in [-0.25, -0.2) is 4.39 Å². The van der Waals surface area contributed by atoms with E-state index in [9.17, 15) is 4.39 Å². The van der Waals surface area contributed by atoms with E-state index >= 15 is 0 Å². The van der Waals surface area contributed by atoms with E-state index in [1.165, 1.54) is 37.0 Å². The lowest BCUT2D eigenvalue weighted by Gasteiger charge is -2.23. The molecule has 0 saturated carbocycles. The predicted molar refractivity (Wildman–Crippen MR) is 73.7 cm³/mol. The number of hydrogen-bond donors (Lipinski definition) is 0. The molecule has 0 amide bonds. The Morgan fingerprint density at radius 1 is 1.12 bits per heavy atom. The van der Waals surface area contributed by atoms with Crippen LogP contribution in [-0.2, 0) is 10.8 Å². The normalized spacial score (nSPS) is 11.9. The Labute approximate surface area is 107 Å². The highest BCUT2D eigenvalue weighted by atomic mass is 28.2. The van der Waals surface area contributed by atoms with E-state index in [2.05, 4.69) is 13.8 Å². The summed E-state index contributed by atoms with van der Waals surface area (Å²) in [4.78, 5) is 0. The standard InChI is InChI=1S/C14H23FOSi/c1-14(2,16-17)11-5-3-4-6-12-7-9-13(15)10-8-12/h7-10H,3-6,11H2,1-2,17H3. The Bertz CT molecular complexity index is 321. The van der Waals surface area contributed by atoms with Gasteiger partial charge in [0.1, 0.15) is 16.3 Å². The molecule has 0 atom stereocenters. The Morgan fingerprint density at radius 3 is 2.35 bits per heavy atom. The van der Waals surface area contributed by atoms with Gasteiger partial charge in [-0.2, -0.15) is 0 Å². The van der Waals surface area contributed by atoms with Crippen LogP contribution in [0.2, 0.25) is 0 Å². The molecule has 0 radical (unpaired) electrons. The molecule has 3 heteroatoms. The summed E-state index contributed by atoms with van der Waals surface area (Å²) >= 11 is 0. The topological polar surface area (TPSA) is 9.23 Å². The molecule has 0 aliphatic rings. The van der Waals surface area contributed by atoms with E-state index < -0.39 is 0 Å². The van der Waals surface area contributed by atoms with Crippen LogP contribution in [0.4, 0.5) is 4.39 Å². The fourth-order valence-corrected chi connectivity index (χ4v) is 2.01. The monoisotopic (exact) mass is 254 g/mol. The van der Waals surface area contributed by atoms with E-state index in [0.29, 0.717) is 0 Å². The molecule has 0 aromatic heterocycles. The lowest BCUT2D eigenvalue weighted by Crippen LogP contribution is -2.22. The number of unbranched alkanes of at least 4 members (excludes halogenated alkanes) is 2. The zero-order valence-corrected chi connectivity index (χ0v) is 13.1. The van der Waals surface area contributed by atoms with Gasteiger partial charge in [-0.05, 0) is 50.8 Å². The van der Waals surface area contributed by atoms with E-state index in [-0.39, 0.29) is 11.4 Å². The van der Waals surface area contributed by atoms with Crippen LogP contribution in [0.25, 0.3) is 0 Å². The molecule has 0 bridgehead atoms. The summed E-state index contributed by atoms with van der Waals surface area (Å²) in [7, 11) is 0.810. The van der Waals surface area contributed by atoms with Crippen molar-refractivity contribution in [2.75, 3.05) is 0 Å². The van der Waals surface area contributed by atoms with Gasteiger partial charge in [0.05, 0.1) is 0 Å². The van der Waals surface area contributed by atoms with Crippen molar-refractivity contribution in [2.45, 2.75) is 51.6 Å². The molecule has 0 N–H and O–H groups in total. The highest BCUT2D eigenvalue weighted by Gasteiger charge is 2.14. The summed E-state index contributed by atoms with van der Waals surface area (Å²) in [6.07, 6.45) is 5.76. The SMILES string of the molecule is CC(C)(CCCCCc1ccc(F)cc1)O[SiH3]. The van der Waals surface area contributed by atoms with Crippen molar-refractivity contribution >= 4 is 10.5 Å². The van der Waals surface area contributed by atoms with Gasteiger partial charge in [0, 0.05) is 5.60 Å². The Balaban J connectivity index is 2.14. The predicted octanol–water partition coefficient (Wildman–Crippen LogP) is 3.00. The molecule has 1 aromatic carbocycles. The molecular weight excluding hydrogens is 231 g/mol. The van der Waals surface area contributed by atoms with Crippen LogP contribution in [0.5, 0.6) is 0 Å². The number of aryl methyl sites for hydroxylation is 1. The molecule has 0 saturated heterocycles. The average Bonchev–Trinajstić information content (AvgIpc) is 2.31. The molecule has 17 heavy (non-hydrogen) atoms. The molecular formula is C14H23FOSi. The first-order chi connectivity index (χ1) is 8.03. The number of benzene rings is 1. The van der Waals surface area contributed by atoms with Crippen molar-refractivity contribution in [3.8, 4) is 0 Å². The minimum atomic E-state index is -0.153. The summed E-state index contributed by atoms with van der Waals surface area (Å²) in [6, 6.07) is 6.82. The van der Waals surface area contributed by atoms with Gasteiger partial charge in [0.2, 0.25) is 0 Å². The molecule has 96 valence electrons. The van der Waals surface area contributed by atoms with Gasteiger partial charge >= 0.3 is 0 Å². The molecule has 1 nitrogen and oxygen atoms in total. The van der Waals surface area contributed by atoms with Crippen molar-refractivity contribution < 1.29 is 8.82 Å². The quantitative estimate of drug-likeness (QED) is 0.537. The first-order valence-corrected chi connectivity index (χ1v) is 7.15. The Kier molecular flexibility index (Phi) is 5.85. The van der Waals surface area contributed by atoms with E-state index in [4.69, 9.17) is 4.43 Å². The van der Waals surface area contributed by atoms with Crippen molar-refractivity contribution in [3.05, 3.63) is 35.6 Å². The number of halogens is 1. The zero-order valence-electron chi connectivity index (χ0n) is 11.1. The minimum Gasteiger partial charge on any atom is -0.423 e. The molecule has 0 fully saturated rings. The lowest BCUT2D eigenvalue weighted by atomic mass is 9.99. The van der Waals surface area contributed by atoms with E-state index in [1.807, 2.05) is 12.1 Å². The van der Waals surface area contributed by atoms with Crippen molar-refractivity contribution in [1.29, 1.82) is 0 Å². The average molecular weight is 254 g/mol. The highest BCUT2D eigenvalue weighted by Crippen LogP contribution is 2.17. The van der Waals surface area contributed by atoms with Crippen LogP contribution in [0, 0.1) is 5.82 Å². The van der Waals surface area contributed by atoms with Gasteiger partial charge in [-0.3, -0.25) is 0 Å². The second-order valence-corrected chi connectivity index (χ2v) is 5.56. The van der Waals surface area contributed by atoms with Crippen molar-refractivity contribution in [3.63, 3.8) is 0 Å². The second-order valence-electron chi connectivity index (χ2n) is 5.15. The molecule has 0 aliphatic carbocycles. The van der Waals surface area contributed by atoms with Gasteiger partial charge in [0.15, 0.2) is 0 Å².